The summed E-state index contributed by atoms with van der Waals surface area (Å²) in [7, 11) is 0. The van der Waals surface area contributed by atoms with Gasteiger partial charge in [-0.2, -0.15) is 0 Å². The fourth-order valence-corrected chi connectivity index (χ4v) is 2.52. The standard InChI is InChI=1S/C12H23NO2/c1-3-12(15)10(2)13(8-9-14)11-6-4-5-7-11/h10-11,14H,3-9H2,1-2H3. The minimum Gasteiger partial charge on any atom is -0.395 e. The van der Waals surface area contributed by atoms with Crippen molar-refractivity contribution in [2.45, 2.75) is 58.0 Å². The summed E-state index contributed by atoms with van der Waals surface area (Å²) in [5, 5.41) is 9.05. The predicted molar refractivity (Wildman–Crippen MR) is 60.8 cm³/mol. The molecule has 3 nitrogen and oxygen atoms in total. The van der Waals surface area contributed by atoms with Crippen LogP contribution in [0.25, 0.3) is 0 Å². The highest BCUT2D eigenvalue weighted by atomic mass is 16.3. The van der Waals surface area contributed by atoms with Gasteiger partial charge in [-0.15, -0.1) is 0 Å². The third-order valence-corrected chi connectivity index (χ3v) is 3.46. The van der Waals surface area contributed by atoms with E-state index in [1.807, 2.05) is 13.8 Å². The number of rotatable bonds is 6. The van der Waals surface area contributed by atoms with E-state index in [2.05, 4.69) is 4.90 Å². The van der Waals surface area contributed by atoms with Crippen molar-refractivity contribution in [1.29, 1.82) is 0 Å². The molecule has 1 aliphatic carbocycles. The molecule has 0 aromatic rings. The van der Waals surface area contributed by atoms with Gasteiger partial charge in [0.25, 0.3) is 0 Å². The van der Waals surface area contributed by atoms with Crippen LogP contribution in [-0.2, 0) is 4.79 Å². The maximum Gasteiger partial charge on any atom is 0.149 e. The summed E-state index contributed by atoms with van der Waals surface area (Å²) < 4.78 is 0. The van der Waals surface area contributed by atoms with E-state index >= 15 is 0 Å². The molecular formula is C12H23NO2. The molecule has 88 valence electrons. The Kier molecular flexibility index (Phi) is 5.26. The molecule has 0 heterocycles. The number of carbonyl (C=O) groups is 1. The lowest BCUT2D eigenvalue weighted by molar-refractivity contribution is -0.124. The Bertz CT molecular complexity index is 200. The maximum atomic E-state index is 11.7. The second kappa shape index (κ2) is 6.23. The molecule has 0 aliphatic heterocycles. The zero-order chi connectivity index (χ0) is 11.3. The maximum absolute atomic E-state index is 11.7. The average Bonchev–Trinajstić information content (AvgIpc) is 2.77. The molecule has 1 fully saturated rings. The first-order valence-corrected chi connectivity index (χ1v) is 6.10. The van der Waals surface area contributed by atoms with E-state index < -0.39 is 0 Å². The van der Waals surface area contributed by atoms with Crippen molar-refractivity contribution in [3.63, 3.8) is 0 Å². The van der Waals surface area contributed by atoms with Crippen LogP contribution < -0.4 is 0 Å². The molecular weight excluding hydrogens is 190 g/mol. The highest BCUT2D eigenvalue weighted by molar-refractivity contribution is 5.83. The Labute approximate surface area is 92.5 Å². The number of aliphatic hydroxyl groups excluding tert-OH is 1. The second-order valence-electron chi connectivity index (χ2n) is 4.40. The van der Waals surface area contributed by atoms with Gasteiger partial charge in [-0.1, -0.05) is 19.8 Å². The summed E-state index contributed by atoms with van der Waals surface area (Å²) in [6.07, 6.45) is 5.48. The first-order chi connectivity index (χ1) is 7.20. The van der Waals surface area contributed by atoms with Crippen LogP contribution in [0.15, 0.2) is 0 Å². The highest BCUT2D eigenvalue weighted by Gasteiger charge is 2.28. The van der Waals surface area contributed by atoms with Crippen molar-refractivity contribution in [3.05, 3.63) is 0 Å². The van der Waals surface area contributed by atoms with E-state index in [9.17, 15) is 4.79 Å². The monoisotopic (exact) mass is 213 g/mol. The molecule has 0 saturated heterocycles. The quantitative estimate of drug-likeness (QED) is 0.728. The van der Waals surface area contributed by atoms with Crippen molar-refractivity contribution in [2.24, 2.45) is 0 Å². The molecule has 1 unspecified atom stereocenters. The van der Waals surface area contributed by atoms with Gasteiger partial charge in [0.15, 0.2) is 0 Å². The van der Waals surface area contributed by atoms with Crippen LogP contribution in [0, 0.1) is 0 Å². The lowest BCUT2D eigenvalue weighted by Gasteiger charge is -2.32. The molecule has 1 saturated carbocycles. The van der Waals surface area contributed by atoms with Crippen molar-refractivity contribution < 1.29 is 9.90 Å². The summed E-state index contributed by atoms with van der Waals surface area (Å²) in [4.78, 5) is 13.9. The van der Waals surface area contributed by atoms with Gasteiger partial charge in [0.05, 0.1) is 12.6 Å². The Morgan fingerprint density at radius 2 is 2.07 bits per heavy atom. The predicted octanol–water partition coefficient (Wildman–Crippen LogP) is 1.59. The largest absolute Gasteiger partial charge is 0.395 e. The third kappa shape index (κ3) is 3.28. The van der Waals surface area contributed by atoms with Gasteiger partial charge < -0.3 is 5.11 Å². The number of hydrogen-bond donors (Lipinski definition) is 1. The van der Waals surface area contributed by atoms with Gasteiger partial charge in [-0.05, 0) is 19.8 Å². The van der Waals surface area contributed by atoms with Crippen molar-refractivity contribution in [1.82, 2.24) is 4.90 Å². The van der Waals surface area contributed by atoms with Gasteiger partial charge in [0.1, 0.15) is 5.78 Å². The van der Waals surface area contributed by atoms with Crippen LogP contribution in [0.3, 0.4) is 0 Å². The van der Waals surface area contributed by atoms with Gasteiger partial charge >= 0.3 is 0 Å². The van der Waals surface area contributed by atoms with Gasteiger partial charge in [0, 0.05) is 19.0 Å². The number of aliphatic hydroxyl groups is 1. The first kappa shape index (κ1) is 12.7. The summed E-state index contributed by atoms with van der Waals surface area (Å²) >= 11 is 0. The number of ketones is 1. The first-order valence-electron chi connectivity index (χ1n) is 6.10. The van der Waals surface area contributed by atoms with E-state index in [4.69, 9.17) is 5.11 Å². The molecule has 1 aliphatic rings. The van der Waals surface area contributed by atoms with Crippen LogP contribution in [0.1, 0.15) is 46.0 Å². The number of nitrogens with zero attached hydrogens (tertiary/aromatic N) is 1. The summed E-state index contributed by atoms with van der Waals surface area (Å²) in [5.74, 6) is 0.287. The third-order valence-electron chi connectivity index (χ3n) is 3.46. The lowest BCUT2D eigenvalue weighted by Crippen LogP contribution is -2.46. The molecule has 1 rings (SSSR count). The molecule has 15 heavy (non-hydrogen) atoms. The molecule has 0 radical (unpaired) electrons. The van der Waals surface area contributed by atoms with Gasteiger partial charge in [0.2, 0.25) is 0 Å². The topological polar surface area (TPSA) is 40.5 Å². The van der Waals surface area contributed by atoms with Crippen molar-refractivity contribution in [2.75, 3.05) is 13.2 Å². The van der Waals surface area contributed by atoms with Crippen molar-refractivity contribution in [3.8, 4) is 0 Å². The number of Topliss-reactive ketones (excluding diaryl/α,β-unsaturated/α-hetero) is 1. The summed E-state index contributed by atoms with van der Waals surface area (Å²) in [6, 6.07) is 0.493. The summed E-state index contributed by atoms with van der Waals surface area (Å²) in [5.41, 5.74) is 0. The van der Waals surface area contributed by atoms with Crippen LogP contribution >= 0.6 is 0 Å². The molecule has 0 spiro atoms. The fraction of sp³-hybridized carbons (Fsp3) is 0.917. The molecule has 1 N–H and O–H groups in total. The average molecular weight is 213 g/mol. The zero-order valence-electron chi connectivity index (χ0n) is 9.91. The Morgan fingerprint density at radius 3 is 2.53 bits per heavy atom. The molecule has 0 aromatic carbocycles. The van der Waals surface area contributed by atoms with E-state index in [1.165, 1.54) is 25.7 Å². The molecule has 0 bridgehead atoms. The molecule has 3 heteroatoms. The molecule has 0 aromatic heterocycles. The Morgan fingerprint density at radius 1 is 1.47 bits per heavy atom. The number of carbonyl (C=O) groups excluding carboxylic acids is 1. The Balaban J connectivity index is 2.58. The normalized spacial score (nSPS) is 19.7. The zero-order valence-corrected chi connectivity index (χ0v) is 9.91. The van der Waals surface area contributed by atoms with Crippen LogP contribution in [0.4, 0.5) is 0 Å². The van der Waals surface area contributed by atoms with E-state index in [-0.39, 0.29) is 18.4 Å². The molecule has 1 atom stereocenters. The van der Waals surface area contributed by atoms with Crippen LogP contribution in [-0.4, -0.2) is 41.0 Å². The lowest BCUT2D eigenvalue weighted by atomic mass is 10.1. The summed E-state index contributed by atoms with van der Waals surface area (Å²) in [6.45, 7) is 4.67. The van der Waals surface area contributed by atoms with E-state index in [0.29, 0.717) is 19.0 Å². The molecule has 0 amide bonds. The van der Waals surface area contributed by atoms with E-state index in [1.54, 1.807) is 0 Å². The van der Waals surface area contributed by atoms with Crippen molar-refractivity contribution >= 4 is 5.78 Å². The second-order valence-corrected chi connectivity index (χ2v) is 4.40. The highest BCUT2D eigenvalue weighted by Crippen LogP contribution is 2.25. The van der Waals surface area contributed by atoms with Gasteiger partial charge in [-0.25, -0.2) is 0 Å². The SMILES string of the molecule is CCC(=O)C(C)N(CCO)C1CCCC1. The van der Waals surface area contributed by atoms with Crippen LogP contribution in [0.2, 0.25) is 0 Å². The minimum atomic E-state index is -0.0229. The Hall–Kier alpha value is -0.410. The van der Waals surface area contributed by atoms with Gasteiger partial charge in [-0.3, -0.25) is 9.69 Å². The van der Waals surface area contributed by atoms with E-state index in [0.717, 1.165) is 0 Å². The number of hydrogen-bond acceptors (Lipinski definition) is 3. The van der Waals surface area contributed by atoms with Crippen LogP contribution in [0.5, 0.6) is 0 Å². The fourth-order valence-electron chi connectivity index (χ4n) is 2.52. The minimum absolute atomic E-state index is 0.0229. The smallest absolute Gasteiger partial charge is 0.149 e.